The number of rotatable bonds is 6. The average Bonchev–Trinajstić information content (AvgIpc) is 3.09. The number of hydrogen-bond donors (Lipinski definition) is 0. The van der Waals surface area contributed by atoms with Gasteiger partial charge in [0.05, 0.1) is 21.3 Å². The monoisotopic (exact) mass is 341 g/mol. The lowest BCUT2D eigenvalue weighted by Gasteiger charge is -2.27. The maximum atomic E-state index is 5.61. The van der Waals surface area contributed by atoms with Crippen LogP contribution in [-0.2, 0) is 6.54 Å². The molecule has 3 rings (SSSR count). The number of aryl methyl sites for hydroxylation is 1. The Bertz CT molecular complexity index is 729. The van der Waals surface area contributed by atoms with Crippen molar-refractivity contribution >= 4 is 0 Å². The smallest absolute Gasteiger partial charge is 0.123 e. The third-order valence-corrected chi connectivity index (χ3v) is 4.97. The quantitative estimate of drug-likeness (QED) is 0.781. The summed E-state index contributed by atoms with van der Waals surface area (Å²) in [5, 5.41) is 0. The van der Waals surface area contributed by atoms with Crippen LogP contribution in [0, 0.1) is 6.92 Å². The Balaban J connectivity index is 1.90. The first kappa shape index (κ1) is 17.6. The van der Waals surface area contributed by atoms with E-state index in [2.05, 4.69) is 36.1 Å². The van der Waals surface area contributed by atoms with Crippen LogP contribution in [0.4, 0.5) is 0 Å². The molecule has 0 spiro atoms. The molecule has 134 valence electrons. The first-order valence-corrected chi connectivity index (χ1v) is 8.75. The SMILES string of the molecule is COc1ccc(OC)c([C@@H]2CCCN2Cc2cc(C)ccc2OC)c1. The maximum absolute atomic E-state index is 5.61. The van der Waals surface area contributed by atoms with Crippen LogP contribution in [-0.4, -0.2) is 32.8 Å². The van der Waals surface area contributed by atoms with Gasteiger partial charge in [0.25, 0.3) is 0 Å². The highest BCUT2D eigenvalue weighted by Crippen LogP contribution is 2.40. The summed E-state index contributed by atoms with van der Waals surface area (Å²) in [5.74, 6) is 2.75. The first-order chi connectivity index (χ1) is 12.2. The molecule has 0 bridgehead atoms. The topological polar surface area (TPSA) is 30.9 Å². The number of nitrogens with zero attached hydrogens (tertiary/aromatic N) is 1. The molecule has 4 nitrogen and oxygen atoms in total. The number of hydrogen-bond acceptors (Lipinski definition) is 4. The van der Waals surface area contributed by atoms with Crippen molar-refractivity contribution in [3.8, 4) is 17.2 Å². The van der Waals surface area contributed by atoms with Crippen molar-refractivity contribution in [2.75, 3.05) is 27.9 Å². The molecule has 1 saturated heterocycles. The average molecular weight is 341 g/mol. The minimum absolute atomic E-state index is 0.329. The predicted octanol–water partition coefficient (Wildman–Crippen LogP) is 4.36. The highest BCUT2D eigenvalue weighted by Gasteiger charge is 2.29. The Kier molecular flexibility index (Phi) is 5.49. The van der Waals surface area contributed by atoms with E-state index in [1.165, 1.54) is 23.1 Å². The lowest BCUT2D eigenvalue weighted by Crippen LogP contribution is -2.23. The number of likely N-dealkylation sites (tertiary alicyclic amines) is 1. The standard InChI is InChI=1S/C21H27NO3/c1-15-7-9-20(24-3)16(12-15)14-22-11-5-6-19(22)18-13-17(23-2)8-10-21(18)25-4/h7-10,12-13,19H,5-6,11,14H2,1-4H3/t19-/m0/s1. The summed E-state index contributed by atoms with van der Waals surface area (Å²) in [5.41, 5.74) is 3.69. The van der Waals surface area contributed by atoms with E-state index in [1.54, 1.807) is 21.3 Å². The molecule has 1 atom stereocenters. The predicted molar refractivity (Wildman–Crippen MR) is 99.7 cm³/mol. The Morgan fingerprint density at radius 3 is 2.44 bits per heavy atom. The Morgan fingerprint density at radius 2 is 1.72 bits per heavy atom. The number of ether oxygens (including phenoxy) is 3. The van der Waals surface area contributed by atoms with Gasteiger partial charge in [0.1, 0.15) is 17.2 Å². The molecule has 4 heteroatoms. The van der Waals surface area contributed by atoms with Crippen molar-refractivity contribution in [3.63, 3.8) is 0 Å². The second-order valence-corrected chi connectivity index (χ2v) is 6.55. The molecule has 2 aromatic rings. The van der Waals surface area contributed by atoms with Crippen LogP contribution in [0.2, 0.25) is 0 Å². The van der Waals surface area contributed by atoms with E-state index in [0.717, 1.165) is 36.8 Å². The minimum atomic E-state index is 0.329. The van der Waals surface area contributed by atoms with Crippen molar-refractivity contribution in [2.24, 2.45) is 0 Å². The fraction of sp³-hybridized carbons (Fsp3) is 0.429. The van der Waals surface area contributed by atoms with E-state index < -0.39 is 0 Å². The Labute approximate surface area is 150 Å². The minimum Gasteiger partial charge on any atom is -0.497 e. The second kappa shape index (κ2) is 7.79. The van der Waals surface area contributed by atoms with Crippen molar-refractivity contribution in [2.45, 2.75) is 32.4 Å². The van der Waals surface area contributed by atoms with Gasteiger partial charge in [-0.1, -0.05) is 17.7 Å². The van der Waals surface area contributed by atoms with Crippen molar-refractivity contribution in [3.05, 3.63) is 53.1 Å². The second-order valence-electron chi connectivity index (χ2n) is 6.55. The molecule has 25 heavy (non-hydrogen) atoms. The van der Waals surface area contributed by atoms with E-state index in [9.17, 15) is 0 Å². The largest absolute Gasteiger partial charge is 0.497 e. The molecule has 1 heterocycles. The summed E-state index contributed by atoms with van der Waals surface area (Å²) in [6, 6.07) is 12.8. The third-order valence-electron chi connectivity index (χ3n) is 4.97. The highest BCUT2D eigenvalue weighted by molar-refractivity contribution is 5.43. The molecule has 0 unspecified atom stereocenters. The molecule has 0 aromatic heterocycles. The van der Waals surface area contributed by atoms with Crippen molar-refractivity contribution in [1.82, 2.24) is 4.90 Å². The summed E-state index contributed by atoms with van der Waals surface area (Å²) in [6.45, 7) is 4.06. The van der Waals surface area contributed by atoms with Crippen molar-refractivity contribution < 1.29 is 14.2 Å². The lowest BCUT2D eigenvalue weighted by atomic mass is 10.0. The number of methoxy groups -OCH3 is 3. The van der Waals surface area contributed by atoms with Crippen LogP contribution in [0.3, 0.4) is 0 Å². The molecular weight excluding hydrogens is 314 g/mol. The Morgan fingerprint density at radius 1 is 0.960 bits per heavy atom. The number of benzene rings is 2. The molecule has 1 aliphatic heterocycles. The van der Waals surface area contributed by atoms with E-state index in [4.69, 9.17) is 14.2 Å². The third kappa shape index (κ3) is 3.74. The fourth-order valence-corrected chi connectivity index (χ4v) is 3.72. The van der Waals surface area contributed by atoms with Gasteiger partial charge in [0.15, 0.2) is 0 Å². The molecule has 0 amide bonds. The molecule has 0 radical (unpaired) electrons. The summed E-state index contributed by atoms with van der Waals surface area (Å²) in [7, 11) is 5.17. The van der Waals surface area contributed by atoms with Gasteiger partial charge in [-0.3, -0.25) is 4.90 Å². The van der Waals surface area contributed by atoms with Crippen LogP contribution in [0.15, 0.2) is 36.4 Å². The molecule has 1 fully saturated rings. The van der Waals surface area contributed by atoms with Gasteiger partial charge < -0.3 is 14.2 Å². The lowest BCUT2D eigenvalue weighted by molar-refractivity contribution is 0.238. The van der Waals surface area contributed by atoms with Gasteiger partial charge >= 0.3 is 0 Å². The van der Waals surface area contributed by atoms with Gasteiger partial charge in [-0.2, -0.15) is 0 Å². The van der Waals surface area contributed by atoms with Crippen molar-refractivity contribution in [1.29, 1.82) is 0 Å². The van der Waals surface area contributed by atoms with Gasteiger partial charge in [-0.05, 0) is 50.6 Å². The molecule has 0 N–H and O–H groups in total. The fourth-order valence-electron chi connectivity index (χ4n) is 3.72. The zero-order chi connectivity index (χ0) is 17.8. The molecule has 0 aliphatic carbocycles. The van der Waals surface area contributed by atoms with Gasteiger partial charge in [-0.15, -0.1) is 0 Å². The summed E-state index contributed by atoms with van der Waals surface area (Å²) in [6.07, 6.45) is 2.30. The van der Waals surface area contributed by atoms with Crippen LogP contribution < -0.4 is 14.2 Å². The van der Waals surface area contributed by atoms with Crippen LogP contribution in [0.5, 0.6) is 17.2 Å². The highest BCUT2D eigenvalue weighted by atomic mass is 16.5. The van der Waals surface area contributed by atoms with Crippen LogP contribution in [0.1, 0.15) is 35.6 Å². The summed E-state index contributed by atoms with van der Waals surface area (Å²) in [4.78, 5) is 2.51. The first-order valence-electron chi connectivity index (χ1n) is 8.75. The van der Waals surface area contributed by atoms with Crippen LogP contribution >= 0.6 is 0 Å². The molecular formula is C21H27NO3. The van der Waals surface area contributed by atoms with E-state index in [-0.39, 0.29) is 0 Å². The zero-order valence-electron chi connectivity index (χ0n) is 15.5. The van der Waals surface area contributed by atoms with Gasteiger partial charge in [-0.25, -0.2) is 0 Å². The van der Waals surface area contributed by atoms with Gasteiger partial charge in [0, 0.05) is 23.7 Å². The maximum Gasteiger partial charge on any atom is 0.123 e. The summed E-state index contributed by atoms with van der Waals surface area (Å²) < 4.78 is 16.6. The summed E-state index contributed by atoms with van der Waals surface area (Å²) >= 11 is 0. The zero-order valence-corrected chi connectivity index (χ0v) is 15.5. The van der Waals surface area contributed by atoms with Crippen LogP contribution in [0.25, 0.3) is 0 Å². The van der Waals surface area contributed by atoms with E-state index in [1.807, 2.05) is 12.1 Å². The molecule has 0 saturated carbocycles. The Hall–Kier alpha value is -2.20. The normalized spacial score (nSPS) is 17.5. The molecule has 2 aromatic carbocycles. The van der Waals surface area contributed by atoms with E-state index in [0.29, 0.717) is 6.04 Å². The molecule has 1 aliphatic rings. The van der Waals surface area contributed by atoms with Gasteiger partial charge in [0.2, 0.25) is 0 Å². The van der Waals surface area contributed by atoms with E-state index >= 15 is 0 Å².